The van der Waals surface area contributed by atoms with Gasteiger partial charge in [0.05, 0.1) is 5.56 Å². The topological polar surface area (TPSA) is 91.8 Å². The summed E-state index contributed by atoms with van der Waals surface area (Å²) in [7, 11) is 0. The molecular formula is C22H22N4O2S. The second-order valence-electron chi connectivity index (χ2n) is 7.45. The molecular weight excluding hydrogens is 384 g/mol. The number of benzene rings is 1. The molecule has 1 amide bonds. The van der Waals surface area contributed by atoms with Crippen molar-refractivity contribution in [3.8, 4) is 17.5 Å². The highest BCUT2D eigenvalue weighted by Gasteiger charge is 2.24. The number of nitrogens with zero attached hydrogens (tertiary/aromatic N) is 3. The number of aromatic nitrogens is 2. The molecule has 2 aromatic heterocycles. The van der Waals surface area contributed by atoms with Crippen LogP contribution in [0.25, 0.3) is 11.4 Å². The maximum absolute atomic E-state index is 12.4. The van der Waals surface area contributed by atoms with Crippen LogP contribution in [0.1, 0.15) is 48.1 Å². The number of nitriles is 1. The fraction of sp³-hybridized carbons (Fsp3) is 0.364. The number of carbonyl (C=O) groups is 1. The lowest BCUT2D eigenvalue weighted by molar-refractivity contribution is -0.116. The van der Waals surface area contributed by atoms with Crippen LogP contribution < -0.4 is 5.32 Å². The Morgan fingerprint density at radius 3 is 3.00 bits per heavy atom. The summed E-state index contributed by atoms with van der Waals surface area (Å²) in [6.45, 7) is 2.23. The van der Waals surface area contributed by atoms with E-state index in [9.17, 15) is 10.1 Å². The number of nitrogens with one attached hydrogen (secondary N) is 1. The van der Waals surface area contributed by atoms with Gasteiger partial charge in [0.15, 0.2) is 0 Å². The van der Waals surface area contributed by atoms with E-state index in [1.165, 1.54) is 4.88 Å². The molecule has 0 bridgehead atoms. The van der Waals surface area contributed by atoms with Crippen molar-refractivity contribution in [1.29, 1.82) is 5.26 Å². The van der Waals surface area contributed by atoms with Gasteiger partial charge >= 0.3 is 0 Å². The van der Waals surface area contributed by atoms with Gasteiger partial charge in [-0.3, -0.25) is 4.79 Å². The number of fused-ring (bicyclic) bond motifs is 1. The molecule has 0 saturated carbocycles. The first-order valence-corrected chi connectivity index (χ1v) is 10.7. The first-order valence-electron chi connectivity index (χ1n) is 9.86. The first kappa shape index (κ1) is 19.3. The molecule has 0 spiro atoms. The third kappa shape index (κ3) is 4.38. The van der Waals surface area contributed by atoms with Crippen LogP contribution in [0.15, 0.2) is 34.9 Å². The number of aryl methyl sites for hydroxylation is 1. The Hall–Kier alpha value is -2.98. The molecule has 29 heavy (non-hydrogen) atoms. The number of amides is 1. The molecule has 1 aliphatic rings. The van der Waals surface area contributed by atoms with Gasteiger partial charge in [-0.1, -0.05) is 42.4 Å². The van der Waals surface area contributed by atoms with Crippen molar-refractivity contribution >= 4 is 22.2 Å². The second-order valence-corrected chi connectivity index (χ2v) is 8.55. The molecule has 0 aliphatic heterocycles. The van der Waals surface area contributed by atoms with Crippen molar-refractivity contribution in [1.82, 2.24) is 10.1 Å². The highest BCUT2D eigenvalue weighted by molar-refractivity contribution is 7.16. The van der Waals surface area contributed by atoms with Gasteiger partial charge in [-0.25, -0.2) is 0 Å². The zero-order chi connectivity index (χ0) is 20.2. The Labute approximate surface area is 173 Å². The van der Waals surface area contributed by atoms with E-state index in [2.05, 4.69) is 28.5 Å². The monoisotopic (exact) mass is 406 g/mol. The minimum absolute atomic E-state index is 0.0871. The molecule has 6 nitrogen and oxygen atoms in total. The van der Waals surface area contributed by atoms with Crippen molar-refractivity contribution < 1.29 is 9.32 Å². The number of hydrogen-bond donors (Lipinski definition) is 1. The molecule has 7 heteroatoms. The van der Waals surface area contributed by atoms with Gasteiger partial charge in [0, 0.05) is 23.3 Å². The van der Waals surface area contributed by atoms with E-state index in [1.807, 2.05) is 30.3 Å². The Bertz CT molecular complexity index is 1050. The number of anilines is 1. The molecule has 0 fully saturated rings. The van der Waals surface area contributed by atoms with Crippen molar-refractivity contribution in [2.24, 2.45) is 5.92 Å². The highest BCUT2D eigenvalue weighted by atomic mass is 32.1. The molecule has 1 unspecified atom stereocenters. The fourth-order valence-corrected chi connectivity index (χ4v) is 4.98. The van der Waals surface area contributed by atoms with Gasteiger partial charge in [0.25, 0.3) is 0 Å². The largest absolute Gasteiger partial charge is 0.339 e. The molecule has 1 aliphatic carbocycles. The molecule has 148 valence electrons. The van der Waals surface area contributed by atoms with Crippen LogP contribution >= 0.6 is 11.3 Å². The summed E-state index contributed by atoms with van der Waals surface area (Å²) in [5.74, 6) is 1.62. The molecule has 0 saturated heterocycles. The molecule has 3 aromatic rings. The molecule has 0 radical (unpaired) electrons. The summed E-state index contributed by atoms with van der Waals surface area (Å²) in [6.07, 6.45) is 4.50. The van der Waals surface area contributed by atoms with Gasteiger partial charge in [-0.2, -0.15) is 10.2 Å². The van der Waals surface area contributed by atoms with Crippen LogP contribution in [-0.4, -0.2) is 16.0 Å². The van der Waals surface area contributed by atoms with E-state index < -0.39 is 0 Å². The summed E-state index contributed by atoms with van der Waals surface area (Å²) in [5.41, 5.74) is 2.68. The average Bonchev–Trinajstić information content (AvgIpc) is 3.32. The number of thiophene rings is 1. The van der Waals surface area contributed by atoms with E-state index >= 15 is 0 Å². The van der Waals surface area contributed by atoms with Gasteiger partial charge in [-0.15, -0.1) is 11.3 Å². The standard InChI is InChI=1S/C22H22N4O2S/c1-14-10-11-16-17(13-23)22(29-18(16)12-14)24-19(27)8-5-9-20-25-21(26-28-20)15-6-3-2-4-7-15/h2-4,6-7,14H,5,8-12H2,1H3,(H,24,27). The summed E-state index contributed by atoms with van der Waals surface area (Å²) in [4.78, 5) is 18.0. The van der Waals surface area contributed by atoms with Crippen LogP contribution in [0.2, 0.25) is 0 Å². The Kier molecular flexibility index (Phi) is 5.72. The summed E-state index contributed by atoms with van der Waals surface area (Å²) in [5, 5.41) is 17.2. The third-order valence-corrected chi connectivity index (χ3v) is 6.34. The van der Waals surface area contributed by atoms with Crippen LogP contribution in [0.5, 0.6) is 0 Å². The summed E-state index contributed by atoms with van der Waals surface area (Å²) in [6, 6.07) is 11.9. The van der Waals surface area contributed by atoms with Crippen LogP contribution in [0.3, 0.4) is 0 Å². The van der Waals surface area contributed by atoms with Crippen molar-refractivity contribution in [2.45, 2.75) is 45.4 Å². The van der Waals surface area contributed by atoms with Crippen molar-refractivity contribution in [3.63, 3.8) is 0 Å². The number of hydrogen-bond acceptors (Lipinski definition) is 6. The summed E-state index contributed by atoms with van der Waals surface area (Å²) < 4.78 is 5.29. The highest BCUT2D eigenvalue weighted by Crippen LogP contribution is 2.39. The van der Waals surface area contributed by atoms with Crippen LogP contribution in [-0.2, 0) is 24.1 Å². The molecule has 4 rings (SSSR count). The lowest BCUT2D eigenvalue weighted by Gasteiger charge is -2.17. The zero-order valence-electron chi connectivity index (χ0n) is 16.3. The second kappa shape index (κ2) is 8.58. The molecule has 1 aromatic carbocycles. The predicted octanol–water partition coefficient (Wildman–Crippen LogP) is 4.76. The van der Waals surface area contributed by atoms with E-state index in [4.69, 9.17) is 4.52 Å². The lowest BCUT2D eigenvalue weighted by Crippen LogP contribution is -2.12. The third-order valence-electron chi connectivity index (χ3n) is 5.17. The Balaban J connectivity index is 1.32. The van der Waals surface area contributed by atoms with E-state index in [-0.39, 0.29) is 5.91 Å². The quantitative estimate of drug-likeness (QED) is 0.637. The molecule has 1 atom stereocenters. The predicted molar refractivity (Wildman–Crippen MR) is 112 cm³/mol. The van der Waals surface area contributed by atoms with Crippen LogP contribution in [0.4, 0.5) is 5.00 Å². The minimum Gasteiger partial charge on any atom is -0.339 e. The molecule has 1 N–H and O–H groups in total. The number of carbonyl (C=O) groups excluding carboxylic acids is 1. The minimum atomic E-state index is -0.0871. The lowest BCUT2D eigenvalue weighted by atomic mass is 9.88. The van der Waals surface area contributed by atoms with Gasteiger partial charge in [-0.05, 0) is 37.2 Å². The van der Waals surface area contributed by atoms with Gasteiger partial charge < -0.3 is 9.84 Å². The first-order chi connectivity index (χ1) is 14.1. The zero-order valence-corrected chi connectivity index (χ0v) is 17.1. The smallest absolute Gasteiger partial charge is 0.226 e. The van der Waals surface area contributed by atoms with Crippen molar-refractivity contribution in [3.05, 3.63) is 52.2 Å². The summed E-state index contributed by atoms with van der Waals surface area (Å²) >= 11 is 1.55. The average molecular weight is 407 g/mol. The van der Waals surface area contributed by atoms with E-state index in [0.717, 1.165) is 30.4 Å². The normalized spacial score (nSPS) is 15.5. The van der Waals surface area contributed by atoms with Crippen molar-refractivity contribution in [2.75, 3.05) is 5.32 Å². The number of rotatable bonds is 6. The van der Waals surface area contributed by atoms with Crippen LogP contribution in [0, 0.1) is 17.2 Å². The Morgan fingerprint density at radius 1 is 1.38 bits per heavy atom. The van der Waals surface area contributed by atoms with E-state index in [1.54, 1.807) is 11.3 Å². The van der Waals surface area contributed by atoms with Gasteiger partial charge in [0.1, 0.15) is 11.1 Å². The molecule has 2 heterocycles. The van der Waals surface area contributed by atoms with Gasteiger partial charge in [0.2, 0.25) is 17.6 Å². The maximum Gasteiger partial charge on any atom is 0.226 e. The SMILES string of the molecule is CC1CCc2c(sc(NC(=O)CCCc3nc(-c4ccccc4)no3)c2C#N)C1. The Morgan fingerprint density at radius 2 is 2.21 bits per heavy atom. The fourth-order valence-electron chi connectivity index (χ4n) is 3.61. The maximum atomic E-state index is 12.4. The van der Waals surface area contributed by atoms with E-state index in [0.29, 0.717) is 47.5 Å².